The highest BCUT2D eigenvalue weighted by atomic mass is 32.1. The normalized spacial score (nSPS) is 10.7. The summed E-state index contributed by atoms with van der Waals surface area (Å²) in [7, 11) is 0. The van der Waals surface area contributed by atoms with Gasteiger partial charge in [-0.3, -0.25) is 0 Å². The molecule has 0 atom stereocenters. The van der Waals surface area contributed by atoms with Crippen LogP contribution in [-0.2, 0) is 0 Å². The summed E-state index contributed by atoms with van der Waals surface area (Å²) in [5.41, 5.74) is 3.14. The van der Waals surface area contributed by atoms with E-state index in [1.807, 2.05) is 71.7 Å². The van der Waals surface area contributed by atoms with Crippen molar-refractivity contribution in [3.63, 3.8) is 0 Å². The first-order valence-corrected chi connectivity index (χ1v) is 7.84. The number of benzene rings is 2. The van der Waals surface area contributed by atoms with Gasteiger partial charge in [0.05, 0.1) is 10.6 Å². The van der Waals surface area contributed by atoms with Gasteiger partial charge in [0.25, 0.3) is 0 Å². The third kappa shape index (κ3) is 2.44. The van der Waals surface area contributed by atoms with Crippen LogP contribution in [0.4, 0.5) is 0 Å². The van der Waals surface area contributed by atoms with Gasteiger partial charge < -0.3 is 0 Å². The summed E-state index contributed by atoms with van der Waals surface area (Å²) in [5.74, 6) is 0. The molecule has 0 N–H and O–H groups in total. The number of thiazole rings is 1. The van der Waals surface area contributed by atoms with E-state index in [-0.39, 0.29) is 0 Å². The molecule has 0 aliphatic heterocycles. The van der Waals surface area contributed by atoms with E-state index in [9.17, 15) is 0 Å². The van der Waals surface area contributed by atoms with Crippen LogP contribution in [0.15, 0.2) is 79.1 Å². The highest BCUT2D eigenvalue weighted by Crippen LogP contribution is 2.31. The van der Waals surface area contributed by atoms with E-state index in [4.69, 9.17) is 0 Å². The van der Waals surface area contributed by atoms with Gasteiger partial charge in [-0.25, -0.2) is 9.67 Å². The molecule has 22 heavy (non-hydrogen) atoms. The lowest BCUT2D eigenvalue weighted by Gasteiger charge is -1.99. The van der Waals surface area contributed by atoms with Crippen LogP contribution in [0.3, 0.4) is 0 Å². The molecule has 2 aromatic carbocycles. The molecular weight excluding hydrogens is 290 g/mol. The minimum atomic E-state index is 0.948. The first-order valence-electron chi connectivity index (χ1n) is 7.03. The Kier molecular flexibility index (Phi) is 3.29. The molecule has 0 saturated heterocycles. The lowest BCUT2D eigenvalue weighted by molar-refractivity contribution is 0.885. The molecule has 0 fully saturated rings. The molecule has 0 unspecified atom stereocenters. The highest BCUT2D eigenvalue weighted by Gasteiger charge is 2.09. The number of para-hydroxylation sites is 1. The summed E-state index contributed by atoms with van der Waals surface area (Å²) in [6.45, 7) is 0. The molecule has 0 aliphatic carbocycles. The maximum absolute atomic E-state index is 4.64. The Morgan fingerprint density at radius 2 is 1.55 bits per heavy atom. The fourth-order valence-electron chi connectivity index (χ4n) is 2.29. The van der Waals surface area contributed by atoms with Crippen LogP contribution in [0.25, 0.3) is 26.8 Å². The molecule has 0 amide bonds. The number of hydrogen-bond acceptors (Lipinski definition) is 3. The highest BCUT2D eigenvalue weighted by molar-refractivity contribution is 7.18. The third-order valence-corrected chi connectivity index (χ3v) is 4.46. The molecule has 0 aliphatic rings. The Hall–Kier alpha value is -2.72. The Balaban J connectivity index is 1.66. The molecule has 3 nitrogen and oxygen atoms in total. The van der Waals surface area contributed by atoms with E-state index in [2.05, 4.69) is 22.2 Å². The van der Waals surface area contributed by atoms with Crippen LogP contribution in [-0.4, -0.2) is 14.8 Å². The quantitative estimate of drug-likeness (QED) is 0.551. The average Bonchev–Trinajstić information content (AvgIpc) is 3.26. The van der Waals surface area contributed by atoms with Crippen LogP contribution in [0.5, 0.6) is 0 Å². The van der Waals surface area contributed by atoms with Crippen molar-refractivity contribution in [1.29, 1.82) is 0 Å². The van der Waals surface area contributed by atoms with Gasteiger partial charge in [0.15, 0.2) is 0 Å². The Morgan fingerprint density at radius 1 is 0.818 bits per heavy atom. The van der Waals surface area contributed by atoms with E-state index < -0.39 is 0 Å². The van der Waals surface area contributed by atoms with Gasteiger partial charge in [-0.2, -0.15) is 5.10 Å². The molecular formula is C18H13N3S. The van der Waals surface area contributed by atoms with Gasteiger partial charge in [0.2, 0.25) is 0 Å². The molecule has 0 spiro atoms. The second-order valence-electron chi connectivity index (χ2n) is 4.88. The smallest absolute Gasteiger partial charge is 0.123 e. The fraction of sp³-hybridized carbons (Fsp3) is 0. The lowest BCUT2D eigenvalue weighted by Crippen LogP contribution is -1.93. The zero-order valence-electron chi connectivity index (χ0n) is 11.8. The van der Waals surface area contributed by atoms with Crippen molar-refractivity contribution in [3.8, 4) is 26.8 Å². The first-order chi connectivity index (χ1) is 10.9. The maximum Gasteiger partial charge on any atom is 0.123 e. The monoisotopic (exact) mass is 303 g/mol. The molecule has 0 bridgehead atoms. The summed E-state index contributed by atoms with van der Waals surface area (Å²) in [4.78, 5) is 5.59. The second kappa shape index (κ2) is 5.58. The minimum Gasteiger partial charge on any atom is -0.244 e. The fourth-order valence-corrected chi connectivity index (χ4v) is 3.17. The van der Waals surface area contributed by atoms with Crippen molar-refractivity contribution in [1.82, 2.24) is 14.8 Å². The molecule has 2 aromatic heterocycles. The SMILES string of the molecule is c1ccc(-c2ncc(-c3ccn(-c4ccccc4)n3)s2)cc1. The van der Waals surface area contributed by atoms with E-state index in [1.165, 1.54) is 0 Å². The van der Waals surface area contributed by atoms with E-state index in [1.54, 1.807) is 11.3 Å². The van der Waals surface area contributed by atoms with Crippen LogP contribution >= 0.6 is 11.3 Å². The summed E-state index contributed by atoms with van der Waals surface area (Å²) in [6, 6.07) is 22.3. The van der Waals surface area contributed by atoms with Crippen molar-refractivity contribution in [3.05, 3.63) is 79.1 Å². The Bertz CT molecular complexity index is 803. The number of aromatic nitrogens is 3. The Labute approximate surface area is 132 Å². The van der Waals surface area contributed by atoms with Crippen LogP contribution < -0.4 is 0 Å². The van der Waals surface area contributed by atoms with Gasteiger partial charge in [-0.15, -0.1) is 11.3 Å². The molecule has 4 heteroatoms. The lowest BCUT2D eigenvalue weighted by atomic mass is 10.2. The van der Waals surface area contributed by atoms with Crippen molar-refractivity contribution < 1.29 is 0 Å². The van der Waals surface area contributed by atoms with Crippen molar-refractivity contribution in [2.24, 2.45) is 0 Å². The van der Waals surface area contributed by atoms with Crippen LogP contribution in [0.2, 0.25) is 0 Å². The van der Waals surface area contributed by atoms with Crippen LogP contribution in [0.1, 0.15) is 0 Å². The zero-order valence-corrected chi connectivity index (χ0v) is 12.6. The van der Waals surface area contributed by atoms with E-state index in [0.717, 1.165) is 26.8 Å². The Morgan fingerprint density at radius 3 is 2.32 bits per heavy atom. The second-order valence-corrected chi connectivity index (χ2v) is 5.91. The average molecular weight is 303 g/mol. The van der Waals surface area contributed by atoms with Gasteiger partial charge in [-0.05, 0) is 18.2 Å². The van der Waals surface area contributed by atoms with Gasteiger partial charge in [0.1, 0.15) is 10.7 Å². The molecule has 2 heterocycles. The number of hydrogen-bond donors (Lipinski definition) is 0. The molecule has 4 rings (SSSR count). The van der Waals surface area contributed by atoms with Crippen molar-refractivity contribution in [2.75, 3.05) is 0 Å². The molecule has 0 radical (unpaired) electrons. The maximum atomic E-state index is 4.64. The summed E-state index contributed by atoms with van der Waals surface area (Å²) in [5, 5.41) is 5.66. The van der Waals surface area contributed by atoms with Crippen LogP contribution in [0, 0.1) is 0 Å². The predicted molar refractivity (Wildman–Crippen MR) is 90.1 cm³/mol. The van der Waals surface area contributed by atoms with E-state index in [0.29, 0.717) is 0 Å². The first kappa shape index (κ1) is 13.0. The number of rotatable bonds is 3. The standard InChI is InChI=1S/C18H13N3S/c1-3-7-14(8-4-1)18-19-13-17(22-18)16-11-12-21(20-16)15-9-5-2-6-10-15/h1-13H. The zero-order chi connectivity index (χ0) is 14.8. The van der Waals surface area contributed by atoms with Crippen molar-refractivity contribution >= 4 is 11.3 Å². The number of nitrogens with zero attached hydrogens (tertiary/aromatic N) is 3. The van der Waals surface area contributed by atoms with Crippen molar-refractivity contribution in [2.45, 2.75) is 0 Å². The van der Waals surface area contributed by atoms with Gasteiger partial charge >= 0.3 is 0 Å². The molecule has 0 saturated carbocycles. The summed E-state index contributed by atoms with van der Waals surface area (Å²) < 4.78 is 1.89. The predicted octanol–water partition coefficient (Wildman–Crippen LogP) is 4.66. The molecule has 106 valence electrons. The third-order valence-electron chi connectivity index (χ3n) is 3.39. The largest absolute Gasteiger partial charge is 0.244 e. The molecule has 4 aromatic rings. The summed E-state index contributed by atoms with van der Waals surface area (Å²) in [6.07, 6.45) is 3.87. The van der Waals surface area contributed by atoms with Gasteiger partial charge in [0, 0.05) is 18.0 Å². The minimum absolute atomic E-state index is 0.948. The summed E-state index contributed by atoms with van der Waals surface area (Å²) >= 11 is 1.66. The van der Waals surface area contributed by atoms with Gasteiger partial charge in [-0.1, -0.05) is 48.5 Å². The topological polar surface area (TPSA) is 30.7 Å². The van der Waals surface area contributed by atoms with E-state index >= 15 is 0 Å².